The van der Waals surface area contributed by atoms with Crippen molar-refractivity contribution >= 4 is 44.8 Å². The van der Waals surface area contributed by atoms with E-state index in [9.17, 15) is 17.6 Å². The van der Waals surface area contributed by atoms with Crippen molar-refractivity contribution in [1.29, 1.82) is 0 Å². The number of halogens is 3. The zero-order chi connectivity index (χ0) is 22.4. The molecule has 0 saturated heterocycles. The summed E-state index contributed by atoms with van der Waals surface area (Å²) in [6.07, 6.45) is 0.380. The number of carbonyl (C=O) groups is 1. The Morgan fingerprint density at radius 2 is 1.71 bits per heavy atom. The lowest BCUT2D eigenvalue weighted by Gasteiger charge is -2.22. The number of nitrogens with one attached hydrogen (secondary N) is 1. The lowest BCUT2D eigenvalue weighted by Crippen LogP contribution is -2.39. The van der Waals surface area contributed by atoms with Gasteiger partial charge in [0.15, 0.2) is 0 Å². The number of amides is 1. The number of benzene rings is 3. The van der Waals surface area contributed by atoms with Gasteiger partial charge in [-0.25, -0.2) is 12.8 Å². The van der Waals surface area contributed by atoms with E-state index in [1.807, 2.05) is 30.3 Å². The third-order valence-corrected chi connectivity index (χ3v) is 6.99. The minimum absolute atomic E-state index is 0.000324. The zero-order valence-corrected chi connectivity index (χ0v) is 18.6. The van der Waals surface area contributed by atoms with Crippen molar-refractivity contribution in [2.75, 3.05) is 18.4 Å². The Hall–Kier alpha value is -2.45. The van der Waals surface area contributed by atoms with Crippen LogP contribution in [0.15, 0.2) is 77.7 Å². The van der Waals surface area contributed by atoms with E-state index in [1.165, 1.54) is 36.4 Å². The molecule has 31 heavy (non-hydrogen) atoms. The van der Waals surface area contributed by atoms with Gasteiger partial charge in [0, 0.05) is 17.3 Å². The normalized spacial score (nSPS) is 11.5. The maximum Gasteiger partial charge on any atom is 0.245 e. The molecule has 0 atom stereocenters. The number of anilines is 1. The average Bonchev–Trinajstić information content (AvgIpc) is 2.73. The maximum absolute atomic E-state index is 13.4. The molecule has 5 nitrogen and oxygen atoms in total. The van der Waals surface area contributed by atoms with Crippen LogP contribution in [0.3, 0.4) is 0 Å². The van der Waals surface area contributed by atoms with E-state index in [1.54, 1.807) is 0 Å². The van der Waals surface area contributed by atoms with Gasteiger partial charge in [0.25, 0.3) is 0 Å². The SMILES string of the molecule is O=C(CN(CCc1ccccc1)S(=O)(=O)c1cc(Cl)ccc1Cl)Nc1cccc(F)c1. The number of sulfonamides is 1. The molecule has 0 heterocycles. The first kappa shape index (κ1) is 23.2. The summed E-state index contributed by atoms with van der Waals surface area (Å²) < 4.78 is 41.1. The maximum atomic E-state index is 13.4. The smallest absolute Gasteiger partial charge is 0.245 e. The van der Waals surface area contributed by atoms with Crippen molar-refractivity contribution in [3.63, 3.8) is 0 Å². The Morgan fingerprint density at radius 3 is 2.42 bits per heavy atom. The van der Waals surface area contributed by atoms with Crippen LogP contribution in [0.2, 0.25) is 10.0 Å². The Bertz CT molecular complexity index is 1170. The minimum Gasteiger partial charge on any atom is -0.325 e. The lowest BCUT2D eigenvalue weighted by molar-refractivity contribution is -0.116. The summed E-state index contributed by atoms with van der Waals surface area (Å²) in [4.78, 5) is 12.4. The molecular weight excluding hydrogens is 462 g/mol. The summed E-state index contributed by atoms with van der Waals surface area (Å²) in [5.74, 6) is -1.13. The first-order chi connectivity index (χ1) is 14.8. The van der Waals surface area contributed by atoms with Gasteiger partial charge in [-0.05, 0) is 48.4 Å². The molecule has 9 heteroatoms. The van der Waals surface area contributed by atoms with Gasteiger partial charge in [-0.1, -0.05) is 59.6 Å². The summed E-state index contributed by atoms with van der Waals surface area (Å²) in [5, 5.41) is 2.72. The van der Waals surface area contributed by atoms with Crippen LogP contribution in [-0.2, 0) is 21.2 Å². The molecule has 1 N–H and O–H groups in total. The predicted molar refractivity (Wildman–Crippen MR) is 120 cm³/mol. The molecule has 0 aliphatic heterocycles. The van der Waals surface area contributed by atoms with Crippen LogP contribution < -0.4 is 5.32 Å². The number of carbonyl (C=O) groups excluding carboxylic acids is 1. The highest BCUT2D eigenvalue weighted by molar-refractivity contribution is 7.89. The largest absolute Gasteiger partial charge is 0.325 e. The standard InChI is InChI=1S/C22H19Cl2FN2O3S/c23-17-9-10-20(24)21(13-17)31(29,30)27(12-11-16-5-2-1-3-6-16)15-22(28)26-19-8-4-7-18(25)14-19/h1-10,13-14H,11-12,15H2,(H,26,28). The Kier molecular flexibility index (Phi) is 7.67. The highest BCUT2D eigenvalue weighted by Gasteiger charge is 2.29. The molecule has 0 unspecified atom stereocenters. The molecule has 3 aromatic carbocycles. The van der Waals surface area contributed by atoms with Gasteiger partial charge in [-0.3, -0.25) is 4.79 Å². The molecule has 0 aliphatic rings. The first-order valence-corrected chi connectivity index (χ1v) is 11.5. The monoisotopic (exact) mass is 480 g/mol. The van der Waals surface area contributed by atoms with E-state index in [-0.39, 0.29) is 27.2 Å². The van der Waals surface area contributed by atoms with Crippen molar-refractivity contribution < 1.29 is 17.6 Å². The first-order valence-electron chi connectivity index (χ1n) is 9.30. The van der Waals surface area contributed by atoms with Gasteiger partial charge in [-0.2, -0.15) is 4.31 Å². The summed E-state index contributed by atoms with van der Waals surface area (Å²) in [7, 11) is -4.14. The fourth-order valence-corrected chi connectivity index (χ4v) is 5.06. The number of nitrogens with zero attached hydrogens (tertiary/aromatic N) is 1. The summed E-state index contributed by atoms with van der Waals surface area (Å²) in [6.45, 7) is -0.444. The fourth-order valence-electron chi connectivity index (χ4n) is 2.92. The molecular formula is C22H19Cl2FN2O3S. The van der Waals surface area contributed by atoms with Gasteiger partial charge in [0.2, 0.25) is 15.9 Å². The van der Waals surface area contributed by atoms with Crippen molar-refractivity contribution in [3.05, 3.63) is 94.2 Å². The van der Waals surface area contributed by atoms with Crippen LogP contribution in [-0.4, -0.2) is 31.7 Å². The van der Waals surface area contributed by atoms with Crippen LogP contribution in [0.25, 0.3) is 0 Å². The second-order valence-electron chi connectivity index (χ2n) is 6.71. The van der Waals surface area contributed by atoms with Crippen molar-refractivity contribution in [2.45, 2.75) is 11.3 Å². The Balaban J connectivity index is 1.86. The van der Waals surface area contributed by atoms with Crippen LogP contribution in [0.4, 0.5) is 10.1 Å². The third kappa shape index (κ3) is 6.27. The number of hydrogen-bond acceptors (Lipinski definition) is 3. The summed E-state index contributed by atoms with van der Waals surface area (Å²) >= 11 is 12.1. The average molecular weight is 481 g/mol. The molecule has 0 radical (unpaired) electrons. The highest BCUT2D eigenvalue weighted by atomic mass is 35.5. The summed E-state index contributed by atoms with van der Waals surface area (Å²) in [5.41, 5.74) is 1.14. The molecule has 3 aromatic rings. The molecule has 0 aliphatic carbocycles. The zero-order valence-electron chi connectivity index (χ0n) is 16.3. The van der Waals surface area contributed by atoms with E-state index in [4.69, 9.17) is 23.2 Å². The third-order valence-electron chi connectivity index (χ3n) is 4.43. The van der Waals surface area contributed by atoms with Crippen molar-refractivity contribution in [3.8, 4) is 0 Å². The van der Waals surface area contributed by atoms with Gasteiger partial charge in [0.1, 0.15) is 10.7 Å². The van der Waals surface area contributed by atoms with Gasteiger partial charge in [0.05, 0.1) is 11.6 Å². The van der Waals surface area contributed by atoms with E-state index in [0.29, 0.717) is 6.42 Å². The number of hydrogen-bond donors (Lipinski definition) is 1. The Labute approximate surface area is 190 Å². The van der Waals surface area contributed by atoms with E-state index < -0.39 is 28.3 Å². The molecule has 0 saturated carbocycles. The topological polar surface area (TPSA) is 66.5 Å². The lowest BCUT2D eigenvalue weighted by atomic mass is 10.1. The molecule has 0 bridgehead atoms. The molecule has 1 amide bonds. The van der Waals surface area contributed by atoms with Crippen LogP contribution in [0.1, 0.15) is 5.56 Å². The number of rotatable bonds is 8. The Morgan fingerprint density at radius 1 is 0.968 bits per heavy atom. The van der Waals surface area contributed by atoms with Crippen LogP contribution >= 0.6 is 23.2 Å². The van der Waals surface area contributed by atoms with Gasteiger partial charge in [-0.15, -0.1) is 0 Å². The second kappa shape index (κ2) is 10.2. The van der Waals surface area contributed by atoms with Gasteiger partial charge < -0.3 is 5.32 Å². The van der Waals surface area contributed by atoms with Gasteiger partial charge >= 0.3 is 0 Å². The molecule has 0 spiro atoms. The molecule has 0 fully saturated rings. The predicted octanol–water partition coefficient (Wildman–Crippen LogP) is 5.00. The summed E-state index contributed by atoms with van der Waals surface area (Å²) in [6, 6.07) is 18.7. The molecule has 162 valence electrons. The van der Waals surface area contributed by atoms with Crippen molar-refractivity contribution in [1.82, 2.24) is 4.31 Å². The fraction of sp³-hybridized carbons (Fsp3) is 0.136. The van der Waals surface area contributed by atoms with E-state index >= 15 is 0 Å². The minimum atomic E-state index is -4.14. The van der Waals surface area contributed by atoms with E-state index in [2.05, 4.69) is 5.32 Å². The molecule has 0 aromatic heterocycles. The molecule has 3 rings (SSSR count). The quantitative estimate of drug-likeness (QED) is 0.492. The highest BCUT2D eigenvalue weighted by Crippen LogP contribution is 2.28. The van der Waals surface area contributed by atoms with E-state index in [0.717, 1.165) is 15.9 Å². The second-order valence-corrected chi connectivity index (χ2v) is 9.46. The van der Waals surface area contributed by atoms with Crippen LogP contribution in [0, 0.1) is 5.82 Å². The van der Waals surface area contributed by atoms with Crippen molar-refractivity contribution in [2.24, 2.45) is 0 Å². The van der Waals surface area contributed by atoms with Crippen LogP contribution in [0.5, 0.6) is 0 Å².